The second-order valence-corrected chi connectivity index (χ2v) is 5.34. The van der Waals surface area contributed by atoms with Crippen molar-refractivity contribution in [1.82, 2.24) is 10.2 Å². The molecule has 1 unspecified atom stereocenters. The van der Waals surface area contributed by atoms with E-state index in [9.17, 15) is 18.8 Å². The van der Waals surface area contributed by atoms with Crippen molar-refractivity contribution in [2.45, 2.75) is 18.9 Å². The average Bonchev–Trinajstić information content (AvgIpc) is 2.42. The molecule has 0 aromatic heterocycles. The first-order valence-corrected chi connectivity index (χ1v) is 6.75. The molecule has 1 heterocycles. The number of carbonyl (C=O) groups is 3. The van der Waals surface area contributed by atoms with Crippen molar-refractivity contribution in [3.8, 4) is 0 Å². The minimum atomic E-state index is -0.728. The van der Waals surface area contributed by atoms with Gasteiger partial charge in [-0.2, -0.15) is 0 Å². The highest BCUT2D eigenvalue weighted by molar-refractivity contribution is 9.10. The highest BCUT2D eigenvalue weighted by Crippen LogP contribution is 2.18. The van der Waals surface area contributed by atoms with Gasteiger partial charge in [-0.05, 0) is 40.5 Å². The number of nitrogens with zero attached hydrogens (tertiary/aromatic N) is 1. The van der Waals surface area contributed by atoms with Gasteiger partial charge in [0.15, 0.2) is 0 Å². The Morgan fingerprint density at radius 2 is 2.15 bits per heavy atom. The van der Waals surface area contributed by atoms with Crippen molar-refractivity contribution in [1.29, 1.82) is 0 Å². The third-order valence-electron chi connectivity index (χ3n) is 3.14. The summed E-state index contributed by atoms with van der Waals surface area (Å²) in [6, 6.07) is 3.11. The maximum atomic E-state index is 13.1. The Labute approximate surface area is 123 Å². The van der Waals surface area contributed by atoms with Crippen LogP contribution >= 0.6 is 15.9 Å². The molecule has 0 aliphatic carbocycles. The number of carbonyl (C=O) groups excluding carboxylic acids is 3. The van der Waals surface area contributed by atoms with Gasteiger partial charge in [-0.1, -0.05) is 0 Å². The largest absolute Gasteiger partial charge is 0.340 e. The molecule has 2 rings (SSSR count). The van der Waals surface area contributed by atoms with Crippen LogP contribution in [-0.2, 0) is 9.59 Å². The summed E-state index contributed by atoms with van der Waals surface area (Å²) in [7, 11) is 1.39. The number of amides is 3. The Balaban J connectivity index is 2.09. The van der Waals surface area contributed by atoms with Crippen LogP contribution in [0.4, 0.5) is 4.39 Å². The van der Waals surface area contributed by atoms with Crippen LogP contribution in [0.2, 0.25) is 0 Å². The van der Waals surface area contributed by atoms with Crippen LogP contribution < -0.4 is 5.32 Å². The second-order valence-electron chi connectivity index (χ2n) is 4.48. The summed E-state index contributed by atoms with van der Waals surface area (Å²) in [4.78, 5) is 36.2. The number of hydrogen-bond donors (Lipinski definition) is 1. The van der Waals surface area contributed by atoms with E-state index >= 15 is 0 Å². The zero-order valence-electron chi connectivity index (χ0n) is 10.7. The number of piperidine rings is 1. The van der Waals surface area contributed by atoms with Gasteiger partial charge in [0.2, 0.25) is 5.91 Å². The minimum Gasteiger partial charge on any atom is -0.340 e. The summed E-state index contributed by atoms with van der Waals surface area (Å²) in [5.41, 5.74) is 0.241. The van der Waals surface area contributed by atoms with Crippen LogP contribution in [0, 0.1) is 5.82 Å². The summed E-state index contributed by atoms with van der Waals surface area (Å²) in [6.07, 6.45) is 0.483. The zero-order valence-corrected chi connectivity index (χ0v) is 12.2. The molecule has 1 aliphatic rings. The third kappa shape index (κ3) is 2.87. The average molecular weight is 343 g/mol. The van der Waals surface area contributed by atoms with Crippen LogP contribution in [0.1, 0.15) is 23.2 Å². The van der Waals surface area contributed by atoms with Gasteiger partial charge in [-0.3, -0.25) is 19.3 Å². The van der Waals surface area contributed by atoms with Crippen LogP contribution in [0.15, 0.2) is 22.7 Å². The Hall–Kier alpha value is -1.76. The highest BCUT2D eigenvalue weighted by atomic mass is 79.9. The van der Waals surface area contributed by atoms with E-state index in [2.05, 4.69) is 21.2 Å². The maximum Gasteiger partial charge on any atom is 0.251 e. The topological polar surface area (TPSA) is 66.5 Å². The van der Waals surface area contributed by atoms with Gasteiger partial charge >= 0.3 is 0 Å². The molecule has 1 fully saturated rings. The first-order valence-electron chi connectivity index (χ1n) is 5.96. The summed E-state index contributed by atoms with van der Waals surface area (Å²) in [6.45, 7) is 0. The number of hydrogen-bond acceptors (Lipinski definition) is 3. The van der Waals surface area contributed by atoms with E-state index in [1.165, 1.54) is 19.2 Å². The number of rotatable bonds is 2. The van der Waals surface area contributed by atoms with Crippen molar-refractivity contribution in [2.24, 2.45) is 0 Å². The molecule has 1 aromatic carbocycles. The number of likely N-dealkylation sites (N-methyl/N-ethyl adjacent to an activating group) is 1. The molecule has 0 spiro atoms. The molecular weight excluding hydrogens is 331 g/mol. The molecule has 1 N–H and O–H groups in total. The van der Waals surface area contributed by atoms with Crippen LogP contribution in [-0.4, -0.2) is 35.7 Å². The predicted octanol–water partition coefficient (Wildman–Crippen LogP) is 1.47. The first kappa shape index (κ1) is 14.6. The Bertz CT molecular complexity index is 591. The van der Waals surface area contributed by atoms with Crippen molar-refractivity contribution < 1.29 is 18.8 Å². The SMILES string of the molecule is CN1C(=O)CCC(NC(=O)c2ccc(F)c(Br)c2)C1=O. The van der Waals surface area contributed by atoms with Crippen molar-refractivity contribution >= 4 is 33.7 Å². The molecule has 0 bridgehead atoms. The normalized spacial score (nSPS) is 19.1. The number of nitrogens with one attached hydrogen (secondary N) is 1. The maximum absolute atomic E-state index is 13.1. The smallest absolute Gasteiger partial charge is 0.251 e. The van der Waals surface area contributed by atoms with E-state index in [0.717, 1.165) is 11.0 Å². The molecule has 3 amide bonds. The fourth-order valence-electron chi connectivity index (χ4n) is 1.93. The van der Waals surface area contributed by atoms with Gasteiger partial charge in [-0.15, -0.1) is 0 Å². The van der Waals surface area contributed by atoms with E-state index < -0.39 is 23.7 Å². The van der Waals surface area contributed by atoms with Crippen molar-refractivity contribution in [3.05, 3.63) is 34.1 Å². The lowest BCUT2D eigenvalue weighted by Crippen LogP contribution is -2.52. The fourth-order valence-corrected chi connectivity index (χ4v) is 2.31. The zero-order chi connectivity index (χ0) is 14.9. The van der Waals surface area contributed by atoms with E-state index in [1.54, 1.807) is 0 Å². The van der Waals surface area contributed by atoms with E-state index in [1.807, 2.05) is 0 Å². The van der Waals surface area contributed by atoms with Crippen LogP contribution in [0.3, 0.4) is 0 Å². The number of likely N-dealkylation sites (tertiary alicyclic amines) is 1. The molecule has 1 atom stereocenters. The van der Waals surface area contributed by atoms with E-state index in [4.69, 9.17) is 0 Å². The van der Waals surface area contributed by atoms with Crippen LogP contribution in [0.5, 0.6) is 0 Å². The standard InChI is InChI=1S/C13H12BrFN2O3/c1-17-11(18)5-4-10(13(17)20)16-12(19)7-2-3-9(15)8(14)6-7/h2-3,6,10H,4-5H2,1H3,(H,16,19). The van der Waals surface area contributed by atoms with Gasteiger partial charge in [0, 0.05) is 19.0 Å². The van der Waals surface area contributed by atoms with E-state index in [-0.39, 0.29) is 28.8 Å². The molecular formula is C13H12BrFN2O3. The molecule has 5 nitrogen and oxygen atoms in total. The molecule has 20 heavy (non-hydrogen) atoms. The molecule has 0 saturated carbocycles. The number of halogens is 2. The number of imide groups is 1. The fraction of sp³-hybridized carbons (Fsp3) is 0.308. The van der Waals surface area contributed by atoms with Gasteiger partial charge < -0.3 is 5.32 Å². The Morgan fingerprint density at radius 1 is 1.45 bits per heavy atom. The molecule has 1 saturated heterocycles. The third-order valence-corrected chi connectivity index (χ3v) is 3.74. The summed E-state index contributed by atoms with van der Waals surface area (Å²) < 4.78 is 13.3. The lowest BCUT2D eigenvalue weighted by molar-refractivity contribution is -0.147. The van der Waals surface area contributed by atoms with Gasteiger partial charge in [0.25, 0.3) is 11.8 Å². The summed E-state index contributed by atoms with van der Waals surface area (Å²) in [5, 5.41) is 2.56. The summed E-state index contributed by atoms with van der Waals surface area (Å²) >= 11 is 2.99. The van der Waals surface area contributed by atoms with Crippen molar-refractivity contribution in [3.63, 3.8) is 0 Å². The van der Waals surface area contributed by atoms with E-state index in [0.29, 0.717) is 0 Å². The lowest BCUT2D eigenvalue weighted by Gasteiger charge is -2.28. The molecule has 1 aromatic rings. The molecule has 0 radical (unpaired) electrons. The molecule has 106 valence electrons. The minimum absolute atomic E-state index is 0.174. The van der Waals surface area contributed by atoms with Gasteiger partial charge in [0.1, 0.15) is 11.9 Å². The number of benzene rings is 1. The van der Waals surface area contributed by atoms with Gasteiger partial charge in [0.05, 0.1) is 4.47 Å². The highest BCUT2D eigenvalue weighted by Gasteiger charge is 2.32. The predicted molar refractivity (Wildman–Crippen MR) is 72.4 cm³/mol. The Morgan fingerprint density at radius 3 is 2.80 bits per heavy atom. The first-order chi connectivity index (χ1) is 9.40. The lowest BCUT2D eigenvalue weighted by atomic mass is 10.0. The van der Waals surface area contributed by atoms with Gasteiger partial charge in [-0.25, -0.2) is 4.39 Å². The molecule has 7 heteroatoms. The Kier molecular flexibility index (Phi) is 4.17. The molecule has 1 aliphatic heterocycles. The monoisotopic (exact) mass is 342 g/mol. The second kappa shape index (κ2) is 5.70. The quantitative estimate of drug-likeness (QED) is 0.827. The summed E-state index contributed by atoms with van der Waals surface area (Å²) in [5.74, 6) is -1.65. The van der Waals surface area contributed by atoms with Crippen molar-refractivity contribution in [2.75, 3.05) is 7.05 Å². The van der Waals surface area contributed by atoms with Crippen LogP contribution in [0.25, 0.3) is 0 Å².